The highest BCUT2D eigenvalue weighted by Crippen LogP contribution is 2.28. The van der Waals surface area contributed by atoms with E-state index >= 15 is 0 Å². The van der Waals surface area contributed by atoms with E-state index in [2.05, 4.69) is 21.3 Å². The number of sulfonamides is 1. The predicted octanol–water partition coefficient (Wildman–Crippen LogP) is 3.60. The Balaban J connectivity index is 1.54. The third-order valence-electron chi connectivity index (χ3n) is 6.54. The highest BCUT2D eigenvalue weighted by Gasteiger charge is 2.28. The number of nitrogens with zero attached hydrogens (tertiary/aromatic N) is 1. The number of benzene rings is 2. The van der Waals surface area contributed by atoms with Gasteiger partial charge in [-0.05, 0) is 72.3 Å². The minimum Gasteiger partial charge on any atom is -0.390 e. The Morgan fingerprint density at radius 1 is 1.11 bits per heavy atom. The van der Waals surface area contributed by atoms with Gasteiger partial charge in [0.2, 0.25) is 10.0 Å². The van der Waals surface area contributed by atoms with Crippen molar-refractivity contribution in [3.8, 4) is 0 Å². The van der Waals surface area contributed by atoms with Crippen molar-refractivity contribution >= 4 is 38.6 Å². The van der Waals surface area contributed by atoms with Gasteiger partial charge < -0.3 is 21.1 Å². The SMILES string of the molecule is CCNc1cc(C(=O)N[C@@H](Cc2ccccc2)[C@H](O)CNCc2ccsc2)cc(N2CCCCS2(=O)=O)c1. The number of carbonyl (C=O) groups excluding carboxylic acids is 1. The molecular formula is C28H36N4O4S2. The Morgan fingerprint density at radius 3 is 2.63 bits per heavy atom. The van der Waals surface area contributed by atoms with Crippen LogP contribution in [0.3, 0.4) is 0 Å². The van der Waals surface area contributed by atoms with Gasteiger partial charge in [0, 0.05) is 37.4 Å². The fourth-order valence-corrected chi connectivity index (χ4v) is 6.87. The first-order valence-corrected chi connectivity index (χ1v) is 15.5. The summed E-state index contributed by atoms with van der Waals surface area (Å²) in [6.07, 6.45) is 1.03. The summed E-state index contributed by atoms with van der Waals surface area (Å²) in [5.74, 6) is -0.262. The van der Waals surface area contributed by atoms with E-state index < -0.39 is 22.2 Å². The lowest BCUT2D eigenvalue weighted by Gasteiger charge is -2.29. The van der Waals surface area contributed by atoms with Crippen molar-refractivity contribution in [3.05, 3.63) is 82.0 Å². The first-order valence-electron chi connectivity index (χ1n) is 13.0. The number of aliphatic hydroxyl groups is 1. The predicted molar refractivity (Wildman–Crippen MR) is 154 cm³/mol. The molecule has 1 saturated heterocycles. The smallest absolute Gasteiger partial charge is 0.251 e. The molecule has 0 aliphatic carbocycles. The molecule has 4 N–H and O–H groups in total. The zero-order valence-electron chi connectivity index (χ0n) is 21.6. The summed E-state index contributed by atoms with van der Waals surface area (Å²) in [5, 5.41) is 24.7. The van der Waals surface area contributed by atoms with Crippen LogP contribution in [0.15, 0.2) is 65.4 Å². The molecule has 1 aromatic heterocycles. The number of thiophene rings is 1. The Kier molecular flexibility index (Phi) is 9.79. The van der Waals surface area contributed by atoms with E-state index in [9.17, 15) is 18.3 Å². The quantitative estimate of drug-likeness (QED) is 0.271. The molecule has 1 amide bonds. The van der Waals surface area contributed by atoms with Crippen LogP contribution in [-0.2, 0) is 23.0 Å². The van der Waals surface area contributed by atoms with Crippen molar-refractivity contribution in [3.63, 3.8) is 0 Å². The van der Waals surface area contributed by atoms with Crippen LogP contribution < -0.4 is 20.3 Å². The third-order valence-corrected chi connectivity index (χ3v) is 9.14. The summed E-state index contributed by atoms with van der Waals surface area (Å²) < 4.78 is 26.9. The minimum atomic E-state index is -3.43. The molecule has 0 saturated carbocycles. The van der Waals surface area contributed by atoms with Gasteiger partial charge in [0.25, 0.3) is 5.91 Å². The topological polar surface area (TPSA) is 111 Å². The Labute approximate surface area is 229 Å². The zero-order valence-corrected chi connectivity index (χ0v) is 23.2. The number of aliphatic hydroxyl groups excluding tert-OH is 1. The van der Waals surface area contributed by atoms with Crippen molar-refractivity contribution in [1.82, 2.24) is 10.6 Å². The third kappa shape index (κ3) is 7.57. The maximum absolute atomic E-state index is 13.5. The fourth-order valence-electron chi connectivity index (χ4n) is 4.57. The average Bonchev–Trinajstić information content (AvgIpc) is 3.42. The second-order valence-electron chi connectivity index (χ2n) is 9.49. The summed E-state index contributed by atoms with van der Waals surface area (Å²) in [5.41, 5.74) is 3.64. The molecule has 204 valence electrons. The van der Waals surface area contributed by atoms with Crippen LogP contribution in [0, 0.1) is 0 Å². The zero-order chi connectivity index (χ0) is 27.0. The highest BCUT2D eigenvalue weighted by molar-refractivity contribution is 7.92. The molecule has 1 aliphatic rings. The van der Waals surface area contributed by atoms with Gasteiger partial charge in [-0.1, -0.05) is 30.3 Å². The Morgan fingerprint density at radius 2 is 1.92 bits per heavy atom. The van der Waals surface area contributed by atoms with Gasteiger partial charge in [-0.25, -0.2) is 8.42 Å². The molecule has 0 radical (unpaired) electrons. The van der Waals surface area contributed by atoms with E-state index in [0.717, 1.165) is 17.5 Å². The average molecular weight is 557 g/mol. The number of carbonyl (C=O) groups is 1. The van der Waals surface area contributed by atoms with Gasteiger partial charge in [-0.2, -0.15) is 11.3 Å². The number of anilines is 2. The van der Waals surface area contributed by atoms with Crippen LogP contribution in [0.25, 0.3) is 0 Å². The lowest BCUT2D eigenvalue weighted by molar-refractivity contribution is 0.0830. The van der Waals surface area contributed by atoms with Crippen molar-refractivity contribution in [1.29, 1.82) is 0 Å². The largest absolute Gasteiger partial charge is 0.390 e. The van der Waals surface area contributed by atoms with Crippen LogP contribution in [-0.4, -0.2) is 57.0 Å². The van der Waals surface area contributed by atoms with Crippen LogP contribution in [0.1, 0.15) is 41.3 Å². The minimum absolute atomic E-state index is 0.101. The van der Waals surface area contributed by atoms with E-state index in [1.54, 1.807) is 29.5 Å². The normalized spacial score (nSPS) is 16.5. The van der Waals surface area contributed by atoms with Gasteiger partial charge in [0.15, 0.2) is 0 Å². The molecule has 2 aromatic carbocycles. The number of rotatable bonds is 12. The second kappa shape index (κ2) is 13.2. The first kappa shape index (κ1) is 28.1. The van der Waals surface area contributed by atoms with E-state index in [0.29, 0.717) is 56.0 Å². The molecule has 2 atom stereocenters. The number of hydrogen-bond donors (Lipinski definition) is 4. The van der Waals surface area contributed by atoms with Crippen LogP contribution in [0.5, 0.6) is 0 Å². The summed E-state index contributed by atoms with van der Waals surface area (Å²) in [7, 11) is -3.43. The maximum Gasteiger partial charge on any atom is 0.251 e. The van der Waals surface area contributed by atoms with Crippen molar-refractivity contribution in [2.45, 2.75) is 44.9 Å². The van der Waals surface area contributed by atoms with E-state index in [1.807, 2.05) is 48.7 Å². The van der Waals surface area contributed by atoms with Gasteiger partial charge in [0.1, 0.15) is 0 Å². The van der Waals surface area contributed by atoms with Crippen molar-refractivity contribution < 1.29 is 18.3 Å². The second-order valence-corrected chi connectivity index (χ2v) is 12.3. The highest BCUT2D eigenvalue weighted by atomic mass is 32.2. The van der Waals surface area contributed by atoms with E-state index in [1.165, 1.54) is 4.31 Å². The molecule has 10 heteroatoms. The lowest BCUT2D eigenvalue weighted by atomic mass is 10.00. The fraction of sp³-hybridized carbons (Fsp3) is 0.393. The Hall–Kier alpha value is -2.92. The molecule has 1 fully saturated rings. The van der Waals surface area contributed by atoms with Gasteiger partial charge in [-0.3, -0.25) is 9.10 Å². The molecule has 3 aromatic rings. The van der Waals surface area contributed by atoms with E-state index in [-0.39, 0.29) is 11.7 Å². The van der Waals surface area contributed by atoms with Crippen LogP contribution >= 0.6 is 11.3 Å². The monoisotopic (exact) mass is 556 g/mol. The molecule has 38 heavy (non-hydrogen) atoms. The van der Waals surface area contributed by atoms with Gasteiger partial charge in [-0.15, -0.1) is 0 Å². The van der Waals surface area contributed by atoms with Crippen LogP contribution in [0.2, 0.25) is 0 Å². The molecule has 0 spiro atoms. The Bertz CT molecular complexity index is 1280. The lowest BCUT2D eigenvalue weighted by Crippen LogP contribution is -2.48. The summed E-state index contributed by atoms with van der Waals surface area (Å²) in [4.78, 5) is 13.5. The standard InChI is InChI=1S/C28H36N4O4S2/c1-2-30-24-15-23(16-25(17-24)32-11-6-7-13-38(32,35)36)28(34)31-26(14-21-8-4-3-5-9-21)27(33)19-29-18-22-10-12-37-20-22/h3-5,8-10,12,15-17,20,26-27,29-30,33H,2,6-7,11,13-14,18-19H2,1H3,(H,31,34)/t26-,27+/m0/s1. The van der Waals surface area contributed by atoms with E-state index in [4.69, 9.17) is 0 Å². The van der Waals surface area contributed by atoms with Gasteiger partial charge in [0.05, 0.1) is 23.6 Å². The number of hydrogen-bond acceptors (Lipinski definition) is 7. The molecule has 1 aliphatic heterocycles. The molecule has 0 bridgehead atoms. The number of nitrogens with one attached hydrogen (secondary N) is 3. The summed E-state index contributed by atoms with van der Waals surface area (Å²) in [6, 6.07) is 16.3. The van der Waals surface area contributed by atoms with Crippen LogP contribution in [0.4, 0.5) is 11.4 Å². The molecule has 0 unspecified atom stereocenters. The molecule has 4 rings (SSSR count). The summed E-state index contributed by atoms with van der Waals surface area (Å²) >= 11 is 1.62. The maximum atomic E-state index is 13.5. The molecule has 2 heterocycles. The first-order chi connectivity index (χ1) is 18.4. The van der Waals surface area contributed by atoms with Crippen molar-refractivity contribution in [2.75, 3.05) is 35.0 Å². The van der Waals surface area contributed by atoms with Crippen molar-refractivity contribution in [2.24, 2.45) is 0 Å². The molecule has 8 nitrogen and oxygen atoms in total. The molecular weight excluding hydrogens is 520 g/mol. The summed E-state index contributed by atoms with van der Waals surface area (Å²) in [6.45, 7) is 3.90. The van der Waals surface area contributed by atoms with Gasteiger partial charge >= 0.3 is 0 Å². The number of amides is 1.